The number of thioether (sulfide) groups is 1. The first-order valence-corrected chi connectivity index (χ1v) is 10.7. The number of aromatic nitrogens is 2. The van der Waals surface area contributed by atoms with Gasteiger partial charge in [0.05, 0.1) is 19.3 Å². The van der Waals surface area contributed by atoms with Gasteiger partial charge in [0.1, 0.15) is 5.75 Å². The molecule has 2 rings (SSSR count). The lowest BCUT2D eigenvalue weighted by atomic mass is 10.2. The minimum absolute atomic E-state index is 0.487. The number of benzene rings is 1. The van der Waals surface area contributed by atoms with Crippen LogP contribution in [0.4, 0.5) is 0 Å². The van der Waals surface area contributed by atoms with Crippen molar-refractivity contribution in [2.45, 2.75) is 39.1 Å². The van der Waals surface area contributed by atoms with E-state index < -0.39 is 0 Å². The Hall–Kier alpha value is -2.15. The van der Waals surface area contributed by atoms with Crippen LogP contribution in [0.3, 0.4) is 0 Å². The van der Waals surface area contributed by atoms with E-state index >= 15 is 0 Å². The Balaban J connectivity index is 1.89. The van der Waals surface area contributed by atoms with Crippen molar-refractivity contribution in [2.75, 3.05) is 26.0 Å². The number of aliphatic imine (C=N–C) groups is 1. The molecule has 2 aromatic rings. The van der Waals surface area contributed by atoms with Crippen LogP contribution in [0, 0.1) is 19.8 Å². The molecule has 0 aliphatic rings. The van der Waals surface area contributed by atoms with E-state index in [1.165, 1.54) is 16.2 Å². The third-order valence-electron chi connectivity index (χ3n) is 4.61. The summed E-state index contributed by atoms with van der Waals surface area (Å²) < 4.78 is 7.34. The first-order valence-electron chi connectivity index (χ1n) is 9.73. The van der Waals surface area contributed by atoms with E-state index in [1.807, 2.05) is 48.6 Å². The Morgan fingerprint density at radius 1 is 1.29 bits per heavy atom. The molecule has 28 heavy (non-hydrogen) atoms. The quantitative estimate of drug-likeness (QED) is 0.381. The van der Waals surface area contributed by atoms with Gasteiger partial charge in [-0.05, 0) is 38.8 Å². The molecular formula is C21H33N5OS. The Kier molecular flexibility index (Phi) is 8.70. The second-order valence-electron chi connectivity index (χ2n) is 6.92. The van der Waals surface area contributed by atoms with Gasteiger partial charge in [0.15, 0.2) is 5.96 Å². The van der Waals surface area contributed by atoms with Crippen molar-refractivity contribution in [3.63, 3.8) is 0 Å². The molecule has 1 aromatic heterocycles. The predicted molar refractivity (Wildman–Crippen MR) is 118 cm³/mol. The zero-order chi connectivity index (χ0) is 20.5. The van der Waals surface area contributed by atoms with E-state index in [-0.39, 0.29) is 0 Å². The Morgan fingerprint density at radius 2 is 2.04 bits per heavy atom. The summed E-state index contributed by atoms with van der Waals surface area (Å²) in [5.74, 6) is 3.28. The van der Waals surface area contributed by atoms with E-state index in [4.69, 9.17) is 9.73 Å². The van der Waals surface area contributed by atoms with Crippen molar-refractivity contribution in [1.82, 2.24) is 20.4 Å². The molecule has 1 unspecified atom stereocenters. The van der Waals surface area contributed by atoms with Gasteiger partial charge in [0.25, 0.3) is 0 Å². The largest absolute Gasteiger partial charge is 0.496 e. The third-order valence-corrected chi connectivity index (χ3v) is 5.99. The van der Waals surface area contributed by atoms with E-state index in [0.717, 1.165) is 36.2 Å². The van der Waals surface area contributed by atoms with E-state index in [9.17, 15) is 0 Å². The van der Waals surface area contributed by atoms with Gasteiger partial charge in [-0.15, -0.1) is 11.8 Å². The SMILES string of the molecule is CCNC(=NCc1c(C)nn(C)c1C)NCC(C)CSc1ccccc1OC. The Labute approximate surface area is 173 Å². The van der Waals surface area contributed by atoms with Crippen molar-refractivity contribution < 1.29 is 4.74 Å². The fourth-order valence-corrected chi connectivity index (χ4v) is 3.90. The highest BCUT2D eigenvalue weighted by Gasteiger charge is 2.10. The van der Waals surface area contributed by atoms with Gasteiger partial charge in [-0.1, -0.05) is 19.1 Å². The van der Waals surface area contributed by atoms with Gasteiger partial charge in [0.2, 0.25) is 0 Å². The normalized spacial score (nSPS) is 12.7. The maximum atomic E-state index is 5.43. The molecule has 2 N–H and O–H groups in total. The summed E-state index contributed by atoms with van der Waals surface area (Å²) >= 11 is 1.83. The zero-order valence-corrected chi connectivity index (χ0v) is 18.7. The number of nitrogens with one attached hydrogen (secondary N) is 2. The summed E-state index contributed by atoms with van der Waals surface area (Å²) in [6, 6.07) is 8.15. The average Bonchev–Trinajstić information content (AvgIpc) is 2.94. The van der Waals surface area contributed by atoms with Gasteiger partial charge < -0.3 is 15.4 Å². The number of rotatable bonds is 9. The van der Waals surface area contributed by atoms with Crippen LogP contribution in [-0.2, 0) is 13.6 Å². The van der Waals surface area contributed by atoms with Crippen LogP contribution in [-0.4, -0.2) is 41.7 Å². The minimum Gasteiger partial charge on any atom is -0.496 e. The molecule has 0 fully saturated rings. The molecule has 1 aromatic carbocycles. The summed E-state index contributed by atoms with van der Waals surface area (Å²) in [6.07, 6.45) is 0. The van der Waals surface area contributed by atoms with Crippen molar-refractivity contribution in [3.8, 4) is 5.75 Å². The van der Waals surface area contributed by atoms with Gasteiger partial charge in [0, 0.05) is 42.0 Å². The lowest BCUT2D eigenvalue weighted by molar-refractivity contribution is 0.405. The third kappa shape index (κ3) is 6.19. The van der Waals surface area contributed by atoms with Crippen molar-refractivity contribution in [2.24, 2.45) is 18.0 Å². The Morgan fingerprint density at radius 3 is 2.68 bits per heavy atom. The maximum Gasteiger partial charge on any atom is 0.191 e. The van der Waals surface area contributed by atoms with Gasteiger partial charge in [-0.2, -0.15) is 5.10 Å². The van der Waals surface area contributed by atoms with Crippen LogP contribution in [0.15, 0.2) is 34.2 Å². The first-order chi connectivity index (χ1) is 13.5. The monoisotopic (exact) mass is 403 g/mol. The molecule has 0 aliphatic heterocycles. The predicted octanol–water partition coefficient (Wildman–Crippen LogP) is 3.53. The standard InChI is InChI=1S/C21H33N5OS/c1-7-22-21(24-13-18-16(3)25-26(5)17(18)4)23-12-15(2)14-28-20-11-9-8-10-19(20)27-6/h8-11,15H,7,12-14H2,1-6H3,(H2,22,23,24). The van der Waals surface area contributed by atoms with Crippen LogP contribution in [0.1, 0.15) is 30.8 Å². The van der Waals surface area contributed by atoms with Crippen LogP contribution < -0.4 is 15.4 Å². The topological polar surface area (TPSA) is 63.5 Å². The Bertz CT molecular complexity index is 787. The smallest absolute Gasteiger partial charge is 0.191 e. The number of nitrogens with zero attached hydrogens (tertiary/aromatic N) is 3. The number of para-hydroxylation sites is 1. The minimum atomic E-state index is 0.487. The summed E-state index contributed by atoms with van der Waals surface area (Å²) in [5.41, 5.74) is 3.40. The number of guanidine groups is 1. The first kappa shape index (κ1) is 22.1. The highest BCUT2D eigenvalue weighted by molar-refractivity contribution is 7.99. The molecule has 1 atom stereocenters. The van der Waals surface area contributed by atoms with Crippen molar-refractivity contribution in [3.05, 3.63) is 41.2 Å². The fraction of sp³-hybridized carbons (Fsp3) is 0.524. The molecule has 0 aliphatic carbocycles. The number of aryl methyl sites for hydroxylation is 2. The molecule has 154 valence electrons. The van der Waals surface area contributed by atoms with E-state index in [1.54, 1.807) is 7.11 Å². The average molecular weight is 404 g/mol. The van der Waals surface area contributed by atoms with Gasteiger partial charge in [-0.3, -0.25) is 4.68 Å². The molecular weight excluding hydrogens is 370 g/mol. The molecule has 7 heteroatoms. The molecule has 1 heterocycles. The zero-order valence-electron chi connectivity index (χ0n) is 17.9. The molecule has 0 saturated heterocycles. The number of hydrogen-bond donors (Lipinski definition) is 2. The second kappa shape index (κ2) is 11.0. The highest BCUT2D eigenvalue weighted by Crippen LogP contribution is 2.29. The van der Waals surface area contributed by atoms with Crippen molar-refractivity contribution >= 4 is 17.7 Å². The van der Waals surface area contributed by atoms with Crippen LogP contribution in [0.25, 0.3) is 0 Å². The van der Waals surface area contributed by atoms with Crippen LogP contribution in [0.5, 0.6) is 5.75 Å². The van der Waals surface area contributed by atoms with E-state index in [0.29, 0.717) is 12.5 Å². The number of ether oxygens (including phenoxy) is 1. The van der Waals surface area contributed by atoms with Gasteiger partial charge in [-0.25, -0.2) is 4.99 Å². The van der Waals surface area contributed by atoms with Crippen LogP contribution >= 0.6 is 11.8 Å². The number of hydrogen-bond acceptors (Lipinski definition) is 4. The highest BCUT2D eigenvalue weighted by atomic mass is 32.2. The lowest BCUT2D eigenvalue weighted by Gasteiger charge is -2.16. The summed E-state index contributed by atoms with van der Waals surface area (Å²) in [6.45, 7) is 10.8. The molecule has 0 spiro atoms. The maximum absolute atomic E-state index is 5.43. The van der Waals surface area contributed by atoms with Crippen molar-refractivity contribution in [1.29, 1.82) is 0 Å². The fourth-order valence-electron chi connectivity index (χ4n) is 2.85. The molecule has 0 amide bonds. The second-order valence-corrected chi connectivity index (χ2v) is 7.98. The summed E-state index contributed by atoms with van der Waals surface area (Å²) in [5, 5.41) is 11.3. The van der Waals surface area contributed by atoms with Gasteiger partial charge >= 0.3 is 0 Å². The lowest BCUT2D eigenvalue weighted by Crippen LogP contribution is -2.39. The summed E-state index contributed by atoms with van der Waals surface area (Å²) in [4.78, 5) is 5.93. The summed E-state index contributed by atoms with van der Waals surface area (Å²) in [7, 11) is 3.69. The molecule has 0 bridgehead atoms. The van der Waals surface area contributed by atoms with Crippen LogP contribution in [0.2, 0.25) is 0 Å². The number of methoxy groups -OCH3 is 1. The molecule has 0 saturated carbocycles. The molecule has 6 nitrogen and oxygen atoms in total. The molecule has 0 radical (unpaired) electrons. The van der Waals surface area contributed by atoms with E-state index in [2.05, 4.69) is 42.6 Å².